The average molecular weight is 202 g/mol. The fourth-order valence-electron chi connectivity index (χ4n) is 0.404. The molecule has 1 atom stereocenters. The number of hydrogen-bond donors (Lipinski definition) is 0. The van der Waals surface area contributed by atoms with Crippen molar-refractivity contribution in [2.75, 3.05) is 0 Å². The minimum Gasteiger partial charge on any atom is -0.341 e. The van der Waals surface area contributed by atoms with E-state index in [0.29, 0.717) is 6.42 Å². The maximum atomic E-state index is 10.4. The molecule has 1 rings (SSSR count). The summed E-state index contributed by atoms with van der Waals surface area (Å²) in [7, 11) is 0. The summed E-state index contributed by atoms with van der Waals surface area (Å²) in [6.07, 6.45) is 0.419. The van der Waals surface area contributed by atoms with Crippen LogP contribution in [0.15, 0.2) is 10.4 Å². The fourth-order valence-corrected chi connectivity index (χ4v) is 0.404. The molecule has 9 heavy (non-hydrogen) atoms. The van der Waals surface area contributed by atoms with Crippen molar-refractivity contribution in [3.63, 3.8) is 0 Å². The molecular formula is C4H5N2O2Y-. The van der Waals surface area contributed by atoms with E-state index < -0.39 is 12.0 Å². The van der Waals surface area contributed by atoms with Gasteiger partial charge in [0, 0.05) is 38.0 Å². The molecule has 0 N–H and O–H groups in total. The van der Waals surface area contributed by atoms with Crippen LogP contribution in [0.4, 0.5) is 0 Å². The molecule has 47 valence electrons. The van der Waals surface area contributed by atoms with E-state index in [1.165, 1.54) is 0 Å². The van der Waals surface area contributed by atoms with Crippen LogP contribution in [0.5, 0.6) is 0 Å². The van der Waals surface area contributed by atoms with Crippen LogP contribution < -0.4 is 0 Å². The van der Waals surface area contributed by atoms with Gasteiger partial charge in [-0.25, -0.2) is 4.79 Å². The zero-order valence-corrected chi connectivity index (χ0v) is 7.62. The Morgan fingerprint density at radius 3 is 2.67 bits per heavy atom. The summed E-state index contributed by atoms with van der Waals surface area (Å²) in [4.78, 5) is 14.5. The summed E-state index contributed by atoms with van der Waals surface area (Å²) in [6, 6.07) is -0.449. The second kappa shape index (κ2) is 4.06. The van der Waals surface area contributed by atoms with Crippen LogP contribution in [-0.4, -0.2) is 12.0 Å². The zero-order valence-electron chi connectivity index (χ0n) is 4.78. The van der Waals surface area contributed by atoms with Crippen LogP contribution in [0.1, 0.15) is 6.42 Å². The molecule has 0 bridgehead atoms. The average Bonchev–Trinajstić information content (AvgIpc) is 2.14. The molecule has 0 amide bonds. The van der Waals surface area contributed by atoms with E-state index in [9.17, 15) is 4.79 Å². The molecule has 0 saturated carbocycles. The molecular weight excluding hydrogens is 197 g/mol. The monoisotopic (exact) mass is 202 g/mol. The number of carbonyl (C=O) groups excluding carboxylic acids is 1. The first-order chi connectivity index (χ1) is 3.84. The van der Waals surface area contributed by atoms with Gasteiger partial charge in [0.15, 0.2) is 0 Å². The van der Waals surface area contributed by atoms with Crippen LogP contribution in [-0.2, 0) is 42.3 Å². The SMILES string of the molecule is [CH2-]CC1N=NOC1=O.[Y]. The molecule has 0 saturated heterocycles. The van der Waals surface area contributed by atoms with Gasteiger partial charge >= 0.3 is 5.97 Å². The summed E-state index contributed by atoms with van der Waals surface area (Å²) in [5, 5.41) is 6.48. The van der Waals surface area contributed by atoms with Crippen LogP contribution in [0, 0.1) is 6.92 Å². The predicted octanol–water partition coefficient (Wildman–Crippen LogP) is 0.501. The molecule has 1 aliphatic heterocycles. The van der Waals surface area contributed by atoms with Gasteiger partial charge in [0.05, 0.1) is 0 Å². The van der Waals surface area contributed by atoms with Gasteiger partial charge in [0.2, 0.25) is 0 Å². The first-order valence-corrected chi connectivity index (χ1v) is 2.25. The second-order valence-corrected chi connectivity index (χ2v) is 1.41. The second-order valence-electron chi connectivity index (χ2n) is 1.41. The normalized spacial score (nSPS) is 23.2. The van der Waals surface area contributed by atoms with Crippen LogP contribution >= 0.6 is 0 Å². The van der Waals surface area contributed by atoms with E-state index in [1.807, 2.05) is 0 Å². The van der Waals surface area contributed by atoms with Gasteiger partial charge in [-0.1, -0.05) is 0 Å². The zero-order chi connectivity index (χ0) is 5.98. The fraction of sp³-hybridized carbons (Fsp3) is 0.500. The summed E-state index contributed by atoms with van der Waals surface area (Å²) >= 11 is 0. The first kappa shape index (κ1) is 9.17. The van der Waals surface area contributed by atoms with E-state index in [-0.39, 0.29) is 32.7 Å². The van der Waals surface area contributed by atoms with Gasteiger partial charge < -0.3 is 6.92 Å². The van der Waals surface area contributed by atoms with E-state index in [4.69, 9.17) is 0 Å². The molecule has 4 nitrogen and oxygen atoms in total. The van der Waals surface area contributed by atoms with Gasteiger partial charge in [-0.2, -0.15) is 0 Å². The molecule has 0 aromatic rings. The number of nitrogens with zero attached hydrogens (tertiary/aromatic N) is 2. The maximum Gasteiger partial charge on any atom is 0.360 e. The first-order valence-electron chi connectivity index (χ1n) is 2.25. The van der Waals surface area contributed by atoms with Crippen molar-refractivity contribution in [3.8, 4) is 0 Å². The largest absolute Gasteiger partial charge is 0.360 e. The summed E-state index contributed by atoms with van der Waals surface area (Å²) < 4.78 is 0. The smallest absolute Gasteiger partial charge is 0.341 e. The summed E-state index contributed by atoms with van der Waals surface area (Å²) in [5.41, 5.74) is 0. The minimum atomic E-state index is -0.449. The van der Waals surface area contributed by atoms with E-state index in [2.05, 4.69) is 22.2 Å². The standard InChI is InChI=1S/C4H5N2O2.Y/c1-2-3-4(7)8-6-5-3;/h3H,1-2H2;/q-1;. The third-order valence-corrected chi connectivity index (χ3v) is 0.863. The number of carbonyl (C=O) groups is 1. The van der Waals surface area contributed by atoms with Crippen molar-refractivity contribution >= 4 is 5.97 Å². The van der Waals surface area contributed by atoms with E-state index >= 15 is 0 Å². The van der Waals surface area contributed by atoms with Crippen LogP contribution in [0.25, 0.3) is 0 Å². The van der Waals surface area contributed by atoms with E-state index in [0.717, 1.165) is 0 Å². The molecule has 1 heterocycles. The summed E-state index contributed by atoms with van der Waals surface area (Å²) in [6.45, 7) is 3.46. The third-order valence-electron chi connectivity index (χ3n) is 0.863. The van der Waals surface area contributed by atoms with Crippen molar-refractivity contribution in [2.24, 2.45) is 10.4 Å². The molecule has 1 unspecified atom stereocenters. The molecule has 1 aliphatic rings. The predicted molar refractivity (Wildman–Crippen MR) is 24.7 cm³/mol. The summed E-state index contributed by atoms with van der Waals surface area (Å²) in [5.74, 6) is -0.403. The molecule has 0 fully saturated rings. The maximum absolute atomic E-state index is 10.4. The Labute approximate surface area is 77.9 Å². The van der Waals surface area contributed by atoms with Crippen molar-refractivity contribution in [1.29, 1.82) is 0 Å². The topological polar surface area (TPSA) is 51.0 Å². The third kappa shape index (κ3) is 2.10. The van der Waals surface area contributed by atoms with E-state index in [1.54, 1.807) is 0 Å². The van der Waals surface area contributed by atoms with Crippen molar-refractivity contribution < 1.29 is 42.3 Å². The van der Waals surface area contributed by atoms with Gasteiger partial charge in [0.25, 0.3) is 0 Å². The Kier molecular flexibility index (Phi) is 4.14. The Balaban J connectivity index is 0.000000640. The molecule has 0 aromatic carbocycles. The number of hydrogen-bond acceptors (Lipinski definition) is 4. The van der Waals surface area contributed by atoms with Crippen LogP contribution in [0.2, 0.25) is 0 Å². The van der Waals surface area contributed by atoms with Crippen molar-refractivity contribution in [1.82, 2.24) is 0 Å². The van der Waals surface area contributed by atoms with Crippen LogP contribution in [0.3, 0.4) is 0 Å². The van der Waals surface area contributed by atoms with Gasteiger partial charge in [-0.15, -0.1) is 11.5 Å². The Morgan fingerprint density at radius 1 is 1.78 bits per heavy atom. The number of rotatable bonds is 1. The molecule has 0 aromatic heterocycles. The molecule has 0 aliphatic carbocycles. The minimum absolute atomic E-state index is 0. The Morgan fingerprint density at radius 2 is 2.44 bits per heavy atom. The molecule has 1 radical (unpaired) electrons. The molecule has 0 spiro atoms. The quantitative estimate of drug-likeness (QED) is 0.581. The Bertz CT molecular complexity index is 137. The van der Waals surface area contributed by atoms with Crippen molar-refractivity contribution in [2.45, 2.75) is 12.5 Å². The van der Waals surface area contributed by atoms with Gasteiger partial charge in [-0.05, 0) is 0 Å². The Hall–Kier alpha value is 0.174. The van der Waals surface area contributed by atoms with Gasteiger partial charge in [-0.3, -0.25) is 4.84 Å². The van der Waals surface area contributed by atoms with Gasteiger partial charge in [0.1, 0.15) is 6.04 Å². The molecule has 5 heteroatoms. The van der Waals surface area contributed by atoms with Crippen molar-refractivity contribution in [3.05, 3.63) is 6.92 Å².